The maximum absolute atomic E-state index is 12.9. The number of pyridine rings is 1. The molecule has 1 aromatic heterocycles. The van der Waals surface area contributed by atoms with E-state index in [1.807, 2.05) is 6.92 Å². The average molecular weight is 381 g/mol. The fourth-order valence-corrected chi connectivity index (χ4v) is 2.55. The third kappa shape index (κ3) is 6.61. The number of hydrogen-bond donors (Lipinski definition) is 2. The number of alkyl halides is 3. The lowest BCUT2D eigenvalue weighted by atomic mass is 10.2. The van der Waals surface area contributed by atoms with Crippen LogP contribution in [0.15, 0.2) is 28.2 Å². The second kappa shape index (κ2) is 8.37. The Balaban J connectivity index is 1.71. The van der Waals surface area contributed by atoms with E-state index in [2.05, 4.69) is 25.6 Å². The van der Waals surface area contributed by atoms with Gasteiger partial charge in [-0.2, -0.15) is 13.2 Å². The van der Waals surface area contributed by atoms with Crippen LogP contribution in [0.5, 0.6) is 0 Å². The van der Waals surface area contributed by atoms with Gasteiger partial charge in [-0.25, -0.2) is 9.98 Å². The second-order valence-electron chi connectivity index (χ2n) is 7.43. The predicted molar refractivity (Wildman–Crippen MR) is 99.8 cm³/mol. The fourth-order valence-electron chi connectivity index (χ4n) is 2.55. The van der Waals surface area contributed by atoms with Crippen molar-refractivity contribution in [2.75, 3.05) is 13.1 Å². The molecule has 2 aliphatic rings. The van der Waals surface area contributed by atoms with Gasteiger partial charge in [0.15, 0.2) is 0 Å². The molecular weight excluding hydrogens is 355 g/mol. The van der Waals surface area contributed by atoms with E-state index in [1.165, 1.54) is 37.8 Å². The van der Waals surface area contributed by atoms with Crippen molar-refractivity contribution in [3.8, 4) is 0 Å². The molecule has 0 bridgehead atoms. The zero-order valence-corrected chi connectivity index (χ0v) is 15.7. The quantitative estimate of drug-likeness (QED) is 0.431. The summed E-state index contributed by atoms with van der Waals surface area (Å²) in [4.78, 5) is 12.7. The van der Waals surface area contributed by atoms with E-state index in [1.54, 1.807) is 6.92 Å². The maximum atomic E-state index is 12.9. The first-order chi connectivity index (χ1) is 12.8. The van der Waals surface area contributed by atoms with Crippen LogP contribution in [0.2, 0.25) is 0 Å². The minimum absolute atomic E-state index is 0.0189. The summed E-state index contributed by atoms with van der Waals surface area (Å²) in [6.07, 6.45) is 0.379. The number of nitrogens with zero attached hydrogens (tertiary/aromatic N) is 3. The van der Waals surface area contributed by atoms with E-state index in [9.17, 15) is 13.2 Å². The van der Waals surface area contributed by atoms with Crippen molar-refractivity contribution in [1.82, 2.24) is 15.6 Å². The average Bonchev–Trinajstić information content (AvgIpc) is 3.52. The van der Waals surface area contributed by atoms with Gasteiger partial charge in [-0.15, -0.1) is 0 Å². The first-order valence-electron chi connectivity index (χ1n) is 9.45. The Morgan fingerprint density at radius 1 is 1.22 bits per heavy atom. The van der Waals surface area contributed by atoms with Crippen molar-refractivity contribution < 1.29 is 13.2 Å². The van der Waals surface area contributed by atoms with E-state index in [0.717, 1.165) is 18.5 Å². The summed E-state index contributed by atoms with van der Waals surface area (Å²) in [5, 5.41) is 6.62. The van der Waals surface area contributed by atoms with Gasteiger partial charge in [-0.3, -0.25) is 10.3 Å². The predicted octanol–water partition coefficient (Wildman–Crippen LogP) is 3.61. The molecule has 0 aliphatic heterocycles. The highest BCUT2D eigenvalue weighted by molar-refractivity contribution is 6.04. The van der Waals surface area contributed by atoms with Gasteiger partial charge in [-0.05, 0) is 70.0 Å². The Bertz CT molecular complexity index is 706. The smallest absolute Gasteiger partial charge is 0.339 e. The lowest BCUT2D eigenvalue weighted by molar-refractivity contribution is -0.141. The Hall–Kier alpha value is -1.96. The number of aliphatic imine (C=N–C) groups is 2. The highest BCUT2D eigenvalue weighted by atomic mass is 19.4. The number of rotatable bonds is 7. The maximum Gasteiger partial charge on any atom is 0.433 e. The number of aromatic nitrogens is 1. The SMILES string of the molecule is CC(=NC(=NCC1CC1)NC(C)NCC1CC1)c1cccc(C(F)(F)F)n1. The summed E-state index contributed by atoms with van der Waals surface area (Å²) < 4.78 is 38.7. The van der Waals surface area contributed by atoms with Gasteiger partial charge in [-0.1, -0.05) is 6.07 Å². The largest absolute Gasteiger partial charge is 0.433 e. The molecule has 8 heteroatoms. The minimum atomic E-state index is -4.47. The molecule has 0 amide bonds. The van der Waals surface area contributed by atoms with E-state index >= 15 is 0 Å². The van der Waals surface area contributed by atoms with Crippen molar-refractivity contribution in [2.24, 2.45) is 21.8 Å². The zero-order valence-electron chi connectivity index (χ0n) is 15.7. The Labute approximate surface area is 157 Å². The molecule has 0 radical (unpaired) electrons. The van der Waals surface area contributed by atoms with Crippen LogP contribution in [0.1, 0.15) is 50.9 Å². The van der Waals surface area contributed by atoms with Gasteiger partial charge in [0.25, 0.3) is 0 Å². The molecule has 2 aliphatic carbocycles. The molecule has 1 unspecified atom stereocenters. The number of nitrogens with one attached hydrogen (secondary N) is 2. The summed E-state index contributed by atoms with van der Waals surface area (Å²) >= 11 is 0. The monoisotopic (exact) mass is 381 g/mol. The third-order valence-electron chi connectivity index (χ3n) is 4.64. The zero-order chi connectivity index (χ0) is 19.4. The first kappa shape index (κ1) is 19.8. The van der Waals surface area contributed by atoms with Crippen molar-refractivity contribution in [3.05, 3.63) is 29.6 Å². The minimum Gasteiger partial charge on any atom is -0.339 e. The normalized spacial score (nSPS) is 19.9. The molecule has 2 fully saturated rings. The van der Waals surface area contributed by atoms with Crippen molar-refractivity contribution in [1.29, 1.82) is 0 Å². The van der Waals surface area contributed by atoms with Crippen LogP contribution in [-0.4, -0.2) is 35.9 Å². The third-order valence-corrected chi connectivity index (χ3v) is 4.64. The fraction of sp³-hybridized carbons (Fsp3) is 0.632. The van der Waals surface area contributed by atoms with E-state index in [4.69, 9.17) is 0 Å². The van der Waals surface area contributed by atoms with E-state index in [0.29, 0.717) is 24.1 Å². The van der Waals surface area contributed by atoms with Crippen LogP contribution < -0.4 is 10.6 Å². The highest BCUT2D eigenvalue weighted by Crippen LogP contribution is 2.29. The number of halogens is 3. The van der Waals surface area contributed by atoms with Crippen LogP contribution in [0.4, 0.5) is 13.2 Å². The van der Waals surface area contributed by atoms with Gasteiger partial charge in [0.1, 0.15) is 5.69 Å². The van der Waals surface area contributed by atoms with Gasteiger partial charge in [0.05, 0.1) is 17.6 Å². The molecule has 2 N–H and O–H groups in total. The van der Waals surface area contributed by atoms with Gasteiger partial charge in [0, 0.05) is 6.54 Å². The Morgan fingerprint density at radius 3 is 2.56 bits per heavy atom. The van der Waals surface area contributed by atoms with Crippen LogP contribution in [0.3, 0.4) is 0 Å². The molecule has 1 atom stereocenters. The molecule has 1 aromatic rings. The first-order valence-corrected chi connectivity index (χ1v) is 9.45. The van der Waals surface area contributed by atoms with Crippen LogP contribution >= 0.6 is 0 Å². The summed E-state index contributed by atoms with van der Waals surface area (Å²) in [5.74, 6) is 1.79. The molecule has 5 nitrogen and oxygen atoms in total. The Morgan fingerprint density at radius 2 is 1.93 bits per heavy atom. The number of guanidine groups is 1. The molecular formula is C19H26F3N5. The van der Waals surface area contributed by atoms with Gasteiger partial charge < -0.3 is 5.32 Å². The molecule has 0 aromatic carbocycles. The van der Waals surface area contributed by atoms with Crippen LogP contribution in [-0.2, 0) is 6.18 Å². The summed E-state index contributed by atoms with van der Waals surface area (Å²) in [6, 6.07) is 3.83. The molecule has 1 heterocycles. The van der Waals surface area contributed by atoms with E-state index < -0.39 is 11.9 Å². The van der Waals surface area contributed by atoms with Crippen LogP contribution in [0, 0.1) is 11.8 Å². The highest BCUT2D eigenvalue weighted by Gasteiger charge is 2.32. The van der Waals surface area contributed by atoms with Gasteiger partial charge >= 0.3 is 6.18 Å². The van der Waals surface area contributed by atoms with Crippen molar-refractivity contribution >= 4 is 11.7 Å². The Kier molecular flexibility index (Phi) is 6.14. The topological polar surface area (TPSA) is 61.7 Å². The van der Waals surface area contributed by atoms with Crippen molar-refractivity contribution in [3.63, 3.8) is 0 Å². The molecule has 0 spiro atoms. The lowest BCUT2D eigenvalue weighted by Crippen LogP contribution is -2.43. The molecule has 148 valence electrons. The summed E-state index contributed by atoms with van der Waals surface area (Å²) in [5.41, 5.74) is -0.319. The molecule has 27 heavy (non-hydrogen) atoms. The van der Waals surface area contributed by atoms with Crippen molar-refractivity contribution in [2.45, 2.75) is 51.9 Å². The summed E-state index contributed by atoms with van der Waals surface area (Å²) in [7, 11) is 0. The standard InChI is InChI=1S/C19H26F3N5/c1-12(16-4-3-5-17(27-16)19(20,21)22)25-18(24-11-15-8-9-15)26-13(2)23-10-14-6-7-14/h3-5,13-15,23H,6-11H2,1-2H3,(H,24,26). The summed E-state index contributed by atoms with van der Waals surface area (Å²) in [6.45, 7) is 5.27. The molecule has 2 saturated carbocycles. The van der Waals surface area contributed by atoms with Crippen LogP contribution in [0.25, 0.3) is 0 Å². The van der Waals surface area contributed by atoms with E-state index in [-0.39, 0.29) is 11.9 Å². The molecule has 0 saturated heterocycles. The second-order valence-corrected chi connectivity index (χ2v) is 7.43. The number of hydrogen-bond acceptors (Lipinski definition) is 3. The lowest BCUT2D eigenvalue weighted by Gasteiger charge is -2.17. The molecule has 3 rings (SSSR count). The van der Waals surface area contributed by atoms with Gasteiger partial charge in [0.2, 0.25) is 5.96 Å².